The molecule has 0 saturated carbocycles. The number of benzene rings is 2. The molecule has 162 valence electrons. The number of aliphatic imine (C=N–C) groups is 1. The van der Waals surface area contributed by atoms with Crippen molar-refractivity contribution in [1.29, 1.82) is 0 Å². The highest BCUT2D eigenvalue weighted by Crippen LogP contribution is 2.23. The van der Waals surface area contributed by atoms with Gasteiger partial charge in [-0.15, -0.1) is 35.7 Å². The standard InChI is InChI=1S/C23H30N4OS.HI/c1-18(29-21-11-4-3-5-12-21)15-26-23(24-2)25-14-8-13-22(28)27-16-19-9-6-7-10-20(19)17-27;/h3-7,9-12,18H,8,13-17H2,1-2H3,(H2,24,25,26);1H. The number of carbonyl (C=O) groups is 1. The molecule has 0 spiro atoms. The molecule has 1 aliphatic rings. The van der Waals surface area contributed by atoms with E-state index in [-0.39, 0.29) is 29.9 Å². The van der Waals surface area contributed by atoms with Gasteiger partial charge in [0.25, 0.3) is 0 Å². The molecule has 7 heteroatoms. The first-order valence-corrected chi connectivity index (χ1v) is 11.0. The fourth-order valence-electron chi connectivity index (χ4n) is 3.35. The maximum atomic E-state index is 12.5. The summed E-state index contributed by atoms with van der Waals surface area (Å²) in [6, 6.07) is 18.7. The second-order valence-electron chi connectivity index (χ2n) is 7.24. The van der Waals surface area contributed by atoms with Gasteiger partial charge < -0.3 is 15.5 Å². The van der Waals surface area contributed by atoms with Gasteiger partial charge in [-0.2, -0.15) is 0 Å². The van der Waals surface area contributed by atoms with Crippen LogP contribution in [0.5, 0.6) is 0 Å². The normalized spacial score (nSPS) is 13.9. The number of carbonyl (C=O) groups excluding carboxylic acids is 1. The van der Waals surface area contributed by atoms with Crippen LogP contribution in [-0.4, -0.2) is 42.2 Å². The number of hydrogen-bond donors (Lipinski definition) is 2. The van der Waals surface area contributed by atoms with Crippen LogP contribution in [0.15, 0.2) is 64.5 Å². The lowest BCUT2D eigenvalue weighted by Crippen LogP contribution is -2.40. The zero-order valence-corrected chi connectivity index (χ0v) is 20.8. The molecule has 1 unspecified atom stereocenters. The van der Waals surface area contributed by atoms with Gasteiger partial charge >= 0.3 is 0 Å². The second kappa shape index (κ2) is 12.8. The van der Waals surface area contributed by atoms with Crippen molar-refractivity contribution in [3.05, 3.63) is 65.7 Å². The molecule has 1 atom stereocenters. The number of fused-ring (bicyclic) bond motifs is 1. The minimum atomic E-state index is 0. The highest BCUT2D eigenvalue weighted by atomic mass is 127. The molecule has 1 aliphatic heterocycles. The van der Waals surface area contributed by atoms with Crippen molar-refractivity contribution in [1.82, 2.24) is 15.5 Å². The zero-order valence-electron chi connectivity index (χ0n) is 17.6. The summed E-state index contributed by atoms with van der Waals surface area (Å²) in [6.07, 6.45) is 1.35. The van der Waals surface area contributed by atoms with Gasteiger partial charge in [-0.3, -0.25) is 9.79 Å². The molecular weight excluding hydrogens is 507 g/mol. The first-order chi connectivity index (χ1) is 14.2. The van der Waals surface area contributed by atoms with Crippen molar-refractivity contribution in [2.24, 2.45) is 4.99 Å². The molecule has 2 aromatic carbocycles. The van der Waals surface area contributed by atoms with Crippen molar-refractivity contribution < 1.29 is 4.79 Å². The Hall–Kier alpha value is -1.74. The van der Waals surface area contributed by atoms with Gasteiger partial charge in [0, 0.05) is 49.8 Å². The molecule has 0 saturated heterocycles. The predicted octanol–water partition coefficient (Wildman–Crippen LogP) is 4.27. The maximum absolute atomic E-state index is 12.5. The smallest absolute Gasteiger partial charge is 0.223 e. The van der Waals surface area contributed by atoms with E-state index in [1.54, 1.807) is 7.05 Å². The summed E-state index contributed by atoms with van der Waals surface area (Å²) in [5, 5.41) is 7.10. The van der Waals surface area contributed by atoms with Crippen molar-refractivity contribution in [3.63, 3.8) is 0 Å². The van der Waals surface area contributed by atoms with Crippen LogP contribution in [0.1, 0.15) is 30.9 Å². The van der Waals surface area contributed by atoms with Crippen LogP contribution in [0.2, 0.25) is 0 Å². The quantitative estimate of drug-likeness (QED) is 0.173. The minimum Gasteiger partial charge on any atom is -0.356 e. The third-order valence-electron chi connectivity index (χ3n) is 4.91. The van der Waals surface area contributed by atoms with Gasteiger partial charge in [0.2, 0.25) is 5.91 Å². The Kier molecular flexibility index (Phi) is 10.5. The first-order valence-electron chi connectivity index (χ1n) is 10.2. The molecule has 5 nitrogen and oxygen atoms in total. The van der Waals surface area contributed by atoms with E-state index < -0.39 is 0 Å². The van der Waals surface area contributed by atoms with Crippen LogP contribution >= 0.6 is 35.7 Å². The molecule has 3 rings (SSSR count). The van der Waals surface area contributed by atoms with Gasteiger partial charge in [0.05, 0.1) is 0 Å². The van der Waals surface area contributed by atoms with E-state index in [4.69, 9.17) is 0 Å². The van der Waals surface area contributed by atoms with Crippen molar-refractivity contribution in [2.75, 3.05) is 20.1 Å². The Morgan fingerprint density at radius 2 is 1.70 bits per heavy atom. The SMILES string of the molecule is CN=C(NCCCC(=O)N1Cc2ccccc2C1)NCC(C)Sc1ccccc1.I. The average molecular weight is 538 g/mol. The number of rotatable bonds is 8. The highest BCUT2D eigenvalue weighted by molar-refractivity contribution is 14.0. The van der Waals surface area contributed by atoms with Crippen LogP contribution in [0.25, 0.3) is 0 Å². The summed E-state index contributed by atoms with van der Waals surface area (Å²) in [5.74, 6) is 1.00. The van der Waals surface area contributed by atoms with Crippen LogP contribution in [0.4, 0.5) is 0 Å². The van der Waals surface area contributed by atoms with E-state index in [0.717, 1.165) is 38.6 Å². The number of halogens is 1. The fraction of sp³-hybridized carbons (Fsp3) is 0.391. The number of amides is 1. The molecule has 2 aromatic rings. The Labute approximate surface area is 201 Å². The summed E-state index contributed by atoms with van der Waals surface area (Å²) >= 11 is 1.84. The van der Waals surface area contributed by atoms with Gasteiger partial charge in [0.1, 0.15) is 0 Å². The van der Waals surface area contributed by atoms with E-state index in [0.29, 0.717) is 11.7 Å². The lowest BCUT2D eigenvalue weighted by Gasteiger charge is -2.17. The maximum Gasteiger partial charge on any atom is 0.223 e. The molecule has 2 N–H and O–H groups in total. The van der Waals surface area contributed by atoms with Crippen LogP contribution < -0.4 is 10.6 Å². The van der Waals surface area contributed by atoms with Crippen LogP contribution in [0, 0.1) is 0 Å². The number of nitrogens with one attached hydrogen (secondary N) is 2. The van der Waals surface area contributed by atoms with Crippen molar-refractivity contribution in [3.8, 4) is 0 Å². The van der Waals surface area contributed by atoms with E-state index >= 15 is 0 Å². The van der Waals surface area contributed by atoms with E-state index in [2.05, 4.69) is 58.9 Å². The topological polar surface area (TPSA) is 56.7 Å². The number of hydrogen-bond acceptors (Lipinski definition) is 3. The summed E-state index contributed by atoms with van der Waals surface area (Å²) < 4.78 is 0. The molecule has 0 bridgehead atoms. The minimum absolute atomic E-state index is 0. The predicted molar refractivity (Wildman–Crippen MR) is 136 cm³/mol. The van der Waals surface area contributed by atoms with Crippen molar-refractivity contribution in [2.45, 2.75) is 43.0 Å². The Bertz CT molecular complexity index is 806. The van der Waals surface area contributed by atoms with E-state index in [9.17, 15) is 4.79 Å². The monoisotopic (exact) mass is 538 g/mol. The Morgan fingerprint density at radius 3 is 2.33 bits per heavy atom. The van der Waals surface area contributed by atoms with Crippen LogP contribution in [-0.2, 0) is 17.9 Å². The fourth-order valence-corrected chi connectivity index (χ4v) is 4.29. The largest absolute Gasteiger partial charge is 0.356 e. The number of guanidine groups is 1. The summed E-state index contributed by atoms with van der Waals surface area (Å²) in [5.41, 5.74) is 2.54. The lowest BCUT2D eigenvalue weighted by atomic mass is 10.1. The molecule has 30 heavy (non-hydrogen) atoms. The first kappa shape index (κ1) is 24.5. The van der Waals surface area contributed by atoms with E-state index in [1.807, 2.05) is 34.9 Å². The number of nitrogens with zero attached hydrogens (tertiary/aromatic N) is 2. The molecule has 0 radical (unpaired) electrons. The lowest BCUT2D eigenvalue weighted by molar-refractivity contribution is -0.131. The molecule has 0 fully saturated rings. The van der Waals surface area contributed by atoms with Crippen LogP contribution in [0.3, 0.4) is 0 Å². The molecule has 0 aromatic heterocycles. The number of thioether (sulfide) groups is 1. The van der Waals surface area contributed by atoms with Gasteiger partial charge in [-0.25, -0.2) is 0 Å². The third-order valence-corrected chi connectivity index (χ3v) is 6.03. The van der Waals surface area contributed by atoms with Gasteiger partial charge in [0.15, 0.2) is 5.96 Å². The third kappa shape index (κ3) is 7.50. The second-order valence-corrected chi connectivity index (χ2v) is 8.76. The molecule has 1 heterocycles. The average Bonchev–Trinajstić information content (AvgIpc) is 3.18. The molecule has 0 aliphatic carbocycles. The zero-order chi connectivity index (χ0) is 20.5. The molecular formula is C23H31IN4OS. The van der Waals surface area contributed by atoms with E-state index in [1.165, 1.54) is 16.0 Å². The van der Waals surface area contributed by atoms with Gasteiger partial charge in [-0.1, -0.05) is 49.4 Å². The van der Waals surface area contributed by atoms with Gasteiger partial charge in [-0.05, 0) is 29.7 Å². The Balaban J connectivity index is 0.00000320. The van der Waals surface area contributed by atoms with Crippen molar-refractivity contribution >= 4 is 47.6 Å². The highest BCUT2D eigenvalue weighted by Gasteiger charge is 2.22. The summed E-state index contributed by atoms with van der Waals surface area (Å²) in [7, 11) is 1.77. The molecule has 1 amide bonds. The summed E-state index contributed by atoms with van der Waals surface area (Å²) in [4.78, 5) is 20.0. The Morgan fingerprint density at radius 1 is 1.07 bits per heavy atom. The summed E-state index contributed by atoms with van der Waals surface area (Å²) in [6.45, 7) is 5.23.